The first-order chi connectivity index (χ1) is 8.37. The summed E-state index contributed by atoms with van der Waals surface area (Å²) in [6, 6.07) is 0. The van der Waals surface area contributed by atoms with E-state index in [-0.39, 0.29) is 11.7 Å². The van der Waals surface area contributed by atoms with E-state index in [0.29, 0.717) is 12.5 Å². The molecule has 1 saturated heterocycles. The number of carbonyl (C=O) groups excluding carboxylic acids is 1. The molecule has 6 heteroatoms. The van der Waals surface area contributed by atoms with Crippen molar-refractivity contribution in [2.75, 3.05) is 26.7 Å². The highest BCUT2D eigenvalue weighted by Crippen LogP contribution is 2.18. The van der Waals surface area contributed by atoms with Crippen LogP contribution in [-0.2, 0) is 4.79 Å². The lowest BCUT2D eigenvalue weighted by Gasteiger charge is -2.30. The first kappa shape index (κ1) is 14.8. The number of carbonyl (C=O) groups is 1. The van der Waals surface area contributed by atoms with Crippen molar-refractivity contribution in [1.29, 1.82) is 0 Å². The molecule has 6 nitrogen and oxygen atoms in total. The van der Waals surface area contributed by atoms with Gasteiger partial charge in [0.2, 0.25) is 5.91 Å². The van der Waals surface area contributed by atoms with Crippen molar-refractivity contribution < 1.29 is 10.0 Å². The van der Waals surface area contributed by atoms with Gasteiger partial charge in [-0.1, -0.05) is 5.16 Å². The smallest absolute Gasteiger partial charge is 0.233 e. The zero-order valence-electron chi connectivity index (χ0n) is 11.4. The molecule has 0 aromatic heterocycles. The summed E-state index contributed by atoms with van der Waals surface area (Å²) in [5, 5.41) is 14.4. The van der Waals surface area contributed by atoms with Gasteiger partial charge >= 0.3 is 0 Å². The molecule has 1 fully saturated rings. The van der Waals surface area contributed by atoms with Crippen molar-refractivity contribution in [1.82, 2.24) is 10.2 Å². The Balaban J connectivity index is 2.42. The Morgan fingerprint density at radius 1 is 1.50 bits per heavy atom. The number of piperidine rings is 1. The zero-order valence-corrected chi connectivity index (χ0v) is 11.4. The van der Waals surface area contributed by atoms with Crippen LogP contribution in [0.5, 0.6) is 0 Å². The third-order valence-corrected chi connectivity index (χ3v) is 3.71. The van der Waals surface area contributed by atoms with E-state index in [9.17, 15) is 4.79 Å². The number of amides is 1. The normalized spacial score (nSPS) is 19.8. The van der Waals surface area contributed by atoms with Gasteiger partial charge in [0.1, 0.15) is 5.41 Å². The van der Waals surface area contributed by atoms with Crippen molar-refractivity contribution in [2.24, 2.45) is 22.2 Å². The fourth-order valence-corrected chi connectivity index (χ4v) is 1.97. The lowest BCUT2D eigenvalue weighted by Crippen LogP contribution is -2.47. The van der Waals surface area contributed by atoms with Crippen LogP contribution >= 0.6 is 0 Å². The first-order valence-corrected chi connectivity index (χ1v) is 6.32. The molecule has 0 spiro atoms. The molecule has 1 amide bonds. The van der Waals surface area contributed by atoms with Gasteiger partial charge in [0.15, 0.2) is 5.84 Å². The van der Waals surface area contributed by atoms with Gasteiger partial charge < -0.3 is 21.2 Å². The lowest BCUT2D eigenvalue weighted by molar-refractivity contribution is -0.126. The predicted octanol–water partition coefficient (Wildman–Crippen LogP) is 0.217. The SMILES string of the molecule is CN1CCC(CNC(=O)C(C)(C)C(N)=NO)CC1. The van der Waals surface area contributed by atoms with Gasteiger partial charge in [0.25, 0.3) is 0 Å². The first-order valence-electron chi connectivity index (χ1n) is 6.32. The maximum atomic E-state index is 12.0. The van der Waals surface area contributed by atoms with Crippen LogP contribution in [0.1, 0.15) is 26.7 Å². The molecule has 0 aromatic carbocycles. The molecule has 1 aliphatic rings. The second-order valence-corrected chi connectivity index (χ2v) is 5.57. The van der Waals surface area contributed by atoms with Crippen molar-refractivity contribution >= 4 is 11.7 Å². The Morgan fingerprint density at radius 3 is 2.56 bits per heavy atom. The number of hydrogen-bond donors (Lipinski definition) is 3. The van der Waals surface area contributed by atoms with E-state index in [2.05, 4.69) is 22.4 Å². The van der Waals surface area contributed by atoms with Gasteiger partial charge in [-0.2, -0.15) is 0 Å². The fraction of sp³-hybridized carbons (Fsp3) is 0.833. The number of nitrogens with two attached hydrogens (primary N) is 1. The number of amidine groups is 1. The van der Waals surface area contributed by atoms with E-state index in [1.807, 2.05) is 0 Å². The van der Waals surface area contributed by atoms with Crippen molar-refractivity contribution in [3.05, 3.63) is 0 Å². The van der Waals surface area contributed by atoms with Crippen LogP contribution in [0.15, 0.2) is 5.16 Å². The van der Waals surface area contributed by atoms with Crippen LogP contribution in [0.3, 0.4) is 0 Å². The second-order valence-electron chi connectivity index (χ2n) is 5.57. The van der Waals surface area contributed by atoms with Crippen LogP contribution in [0, 0.1) is 11.3 Å². The summed E-state index contributed by atoms with van der Waals surface area (Å²) < 4.78 is 0. The Labute approximate surface area is 108 Å². The summed E-state index contributed by atoms with van der Waals surface area (Å²) in [5.74, 6) is 0.258. The van der Waals surface area contributed by atoms with Crippen molar-refractivity contribution in [3.8, 4) is 0 Å². The van der Waals surface area contributed by atoms with Crippen LogP contribution in [0.2, 0.25) is 0 Å². The predicted molar refractivity (Wildman–Crippen MR) is 70.4 cm³/mol. The molecule has 0 atom stereocenters. The summed E-state index contributed by atoms with van der Waals surface area (Å²) >= 11 is 0. The standard InChI is InChI=1S/C12H24N4O2/c1-12(2,10(13)15-18)11(17)14-8-9-4-6-16(3)7-5-9/h9,18H,4-8H2,1-3H3,(H2,13,15)(H,14,17). The third-order valence-electron chi connectivity index (χ3n) is 3.71. The molecular weight excluding hydrogens is 232 g/mol. The molecule has 0 saturated carbocycles. The van der Waals surface area contributed by atoms with Gasteiger partial charge in [0.05, 0.1) is 0 Å². The summed E-state index contributed by atoms with van der Waals surface area (Å²) in [6.07, 6.45) is 2.20. The van der Waals surface area contributed by atoms with Gasteiger partial charge in [-0.05, 0) is 52.7 Å². The number of likely N-dealkylation sites (tertiary alicyclic amines) is 1. The molecule has 1 aliphatic heterocycles. The van der Waals surface area contributed by atoms with E-state index in [0.717, 1.165) is 25.9 Å². The van der Waals surface area contributed by atoms with Gasteiger partial charge in [-0.3, -0.25) is 4.79 Å². The van der Waals surface area contributed by atoms with Crippen LogP contribution in [0.25, 0.3) is 0 Å². The summed E-state index contributed by atoms with van der Waals surface area (Å²) in [7, 11) is 2.11. The molecule has 0 unspecified atom stereocenters. The quantitative estimate of drug-likeness (QED) is 0.290. The topological polar surface area (TPSA) is 91.0 Å². The average Bonchev–Trinajstić information content (AvgIpc) is 2.36. The van der Waals surface area contributed by atoms with Crippen LogP contribution < -0.4 is 11.1 Å². The number of rotatable bonds is 4. The van der Waals surface area contributed by atoms with Gasteiger partial charge in [-0.15, -0.1) is 0 Å². The fourth-order valence-electron chi connectivity index (χ4n) is 1.97. The van der Waals surface area contributed by atoms with Crippen LogP contribution in [-0.4, -0.2) is 48.5 Å². The number of nitrogens with one attached hydrogen (secondary N) is 1. The second kappa shape index (κ2) is 6.04. The summed E-state index contributed by atoms with van der Waals surface area (Å²) in [4.78, 5) is 14.3. The monoisotopic (exact) mass is 256 g/mol. The summed E-state index contributed by atoms with van der Waals surface area (Å²) in [5.41, 5.74) is 4.54. The molecule has 18 heavy (non-hydrogen) atoms. The molecule has 1 rings (SSSR count). The van der Waals surface area contributed by atoms with Crippen LogP contribution in [0.4, 0.5) is 0 Å². The molecule has 4 N–H and O–H groups in total. The van der Waals surface area contributed by atoms with E-state index in [4.69, 9.17) is 10.9 Å². The van der Waals surface area contributed by atoms with E-state index >= 15 is 0 Å². The highest BCUT2D eigenvalue weighted by atomic mass is 16.4. The molecule has 0 aromatic rings. The van der Waals surface area contributed by atoms with Crippen molar-refractivity contribution in [2.45, 2.75) is 26.7 Å². The van der Waals surface area contributed by atoms with Crippen molar-refractivity contribution in [3.63, 3.8) is 0 Å². The van der Waals surface area contributed by atoms with E-state index in [1.54, 1.807) is 13.8 Å². The average molecular weight is 256 g/mol. The largest absolute Gasteiger partial charge is 0.409 e. The molecule has 1 heterocycles. The maximum absolute atomic E-state index is 12.0. The zero-order chi connectivity index (χ0) is 13.8. The Hall–Kier alpha value is -1.30. The Kier molecular flexibility index (Phi) is 4.95. The van der Waals surface area contributed by atoms with E-state index < -0.39 is 5.41 Å². The van der Waals surface area contributed by atoms with Gasteiger partial charge in [-0.25, -0.2) is 0 Å². The summed E-state index contributed by atoms with van der Waals surface area (Å²) in [6.45, 7) is 6.10. The molecule has 0 aliphatic carbocycles. The third kappa shape index (κ3) is 3.60. The molecular formula is C12H24N4O2. The molecule has 0 bridgehead atoms. The highest BCUT2D eigenvalue weighted by Gasteiger charge is 2.33. The molecule has 104 valence electrons. The minimum atomic E-state index is -0.972. The van der Waals surface area contributed by atoms with E-state index in [1.165, 1.54) is 0 Å². The highest BCUT2D eigenvalue weighted by molar-refractivity contribution is 6.05. The number of oxime groups is 1. The lowest BCUT2D eigenvalue weighted by atomic mass is 9.90. The minimum absolute atomic E-state index is 0.0663. The Bertz CT molecular complexity index is 320. The maximum Gasteiger partial charge on any atom is 0.233 e. The number of nitrogens with zero attached hydrogens (tertiary/aromatic N) is 2. The number of hydrogen-bond acceptors (Lipinski definition) is 4. The Morgan fingerprint density at radius 2 is 2.06 bits per heavy atom. The minimum Gasteiger partial charge on any atom is -0.409 e. The van der Waals surface area contributed by atoms with Gasteiger partial charge in [0, 0.05) is 6.54 Å². The molecule has 0 radical (unpaired) electrons.